The molecule has 7 heteroatoms. The molecule has 0 saturated carbocycles. The number of thioether (sulfide) groups is 4. The molecule has 0 aliphatic heterocycles. The number of rotatable bonds is 11. The molecule has 0 aliphatic rings. The minimum absolute atomic E-state index is 0.00218. The number of carbonyl (C=O) groups is 3. The largest absolute Gasteiger partial charge is 0.287 e. The Morgan fingerprint density at radius 2 is 1.39 bits per heavy atom. The molecule has 0 rings (SSSR count). The van der Waals surface area contributed by atoms with Gasteiger partial charge >= 0.3 is 0 Å². The summed E-state index contributed by atoms with van der Waals surface area (Å²) in [5, 5.41) is 0.406. The fourth-order valence-electron chi connectivity index (χ4n) is 1.24. The molecule has 0 radical (unpaired) electrons. The van der Waals surface area contributed by atoms with Crippen molar-refractivity contribution in [3.8, 4) is 0 Å². The highest BCUT2D eigenvalue weighted by molar-refractivity contribution is 8.17. The maximum atomic E-state index is 12.0. The van der Waals surface area contributed by atoms with Gasteiger partial charge in [-0.1, -0.05) is 62.6 Å². The number of hydrogen-bond donors (Lipinski definition) is 0. The zero-order chi connectivity index (χ0) is 17.8. The minimum Gasteiger partial charge on any atom is -0.287 e. The van der Waals surface area contributed by atoms with Gasteiger partial charge in [-0.25, -0.2) is 0 Å². The number of carbonyl (C=O) groups excluding carboxylic acids is 3. The summed E-state index contributed by atoms with van der Waals surface area (Å²) in [7, 11) is 0. The summed E-state index contributed by atoms with van der Waals surface area (Å²) in [5.41, 5.74) is 0.578. The Kier molecular flexibility index (Phi) is 13.5. The second-order valence-corrected chi connectivity index (χ2v) is 9.80. The Morgan fingerprint density at radius 3 is 1.91 bits per heavy atom. The fourth-order valence-corrected chi connectivity index (χ4v) is 5.02. The van der Waals surface area contributed by atoms with Crippen LogP contribution >= 0.6 is 47.0 Å². The molecule has 23 heavy (non-hydrogen) atoms. The summed E-state index contributed by atoms with van der Waals surface area (Å²) in [6, 6.07) is 0. The molecule has 0 saturated heterocycles. The summed E-state index contributed by atoms with van der Waals surface area (Å²) < 4.78 is 0. The van der Waals surface area contributed by atoms with Crippen molar-refractivity contribution in [1.29, 1.82) is 0 Å². The van der Waals surface area contributed by atoms with Crippen molar-refractivity contribution in [1.82, 2.24) is 0 Å². The first-order valence-corrected chi connectivity index (χ1v) is 11.6. The SMILES string of the molecule is C=C(C)C(=O)SCCSCC(C)C(=O)SCCSC(=O)C(C)C. The predicted octanol–water partition coefficient (Wildman–Crippen LogP) is 4.37. The second kappa shape index (κ2) is 13.4. The van der Waals surface area contributed by atoms with E-state index in [1.807, 2.05) is 20.8 Å². The summed E-state index contributed by atoms with van der Waals surface area (Å²) in [5.74, 6) is 3.78. The Labute approximate surface area is 157 Å². The molecule has 0 heterocycles. The summed E-state index contributed by atoms with van der Waals surface area (Å²) in [6.07, 6.45) is 0. The lowest BCUT2D eigenvalue weighted by Gasteiger charge is -2.09. The zero-order valence-electron chi connectivity index (χ0n) is 14.3. The minimum atomic E-state index is -0.00218. The Hall–Kier alpha value is 0.150. The molecule has 0 N–H and O–H groups in total. The molecule has 0 aliphatic carbocycles. The molecule has 0 aromatic carbocycles. The van der Waals surface area contributed by atoms with Gasteiger partial charge in [0.2, 0.25) is 5.12 Å². The molecule has 0 aromatic rings. The Bertz CT molecular complexity index is 422. The van der Waals surface area contributed by atoms with E-state index in [9.17, 15) is 14.4 Å². The monoisotopic (exact) mass is 394 g/mol. The Balaban J connectivity index is 3.68. The summed E-state index contributed by atoms with van der Waals surface area (Å²) in [6.45, 7) is 11.0. The molecule has 0 aromatic heterocycles. The van der Waals surface area contributed by atoms with Gasteiger partial charge in [-0.15, -0.1) is 0 Å². The van der Waals surface area contributed by atoms with Crippen molar-refractivity contribution in [2.45, 2.75) is 27.7 Å². The van der Waals surface area contributed by atoms with Crippen molar-refractivity contribution in [3.05, 3.63) is 12.2 Å². The van der Waals surface area contributed by atoms with E-state index < -0.39 is 0 Å². The van der Waals surface area contributed by atoms with E-state index in [1.165, 1.54) is 35.3 Å². The van der Waals surface area contributed by atoms with Crippen LogP contribution in [0.15, 0.2) is 12.2 Å². The third kappa shape index (κ3) is 12.2. The van der Waals surface area contributed by atoms with E-state index in [1.54, 1.807) is 18.7 Å². The van der Waals surface area contributed by atoms with Crippen molar-refractivity contribution in [2.24, 2.45) is 11.8 Å². The van der Waals surface area contributed by atoms with Crippen LogP contribution in [0.1, 0.15) is 27.7 Å². The Morgan fingerprint density at radius 1 is 0.870 bits per heavy atom. The zero-order valence-corrected chi connectivity index (χ0v) is 17.5. The van der Waals surface area contributed by atoms with Crippen LogP contribution in [-0.4, -0.2) is 44.1 Å². The van der Waals surface area contributed by atoms with Crippen molar-refractivity contribution in [2.75, 3.05) is 28.8 Å². The van der Waals surface area contributed by atoms with Gasteiger partial charge < -0.3 is 0 Å². The predicted molar refractivity (Wildman–Crippen MR) is 109 cm³/mol. The highest BCUT2D eigenvalue weighted by atomic mass is 32.2. The van der Waals surface area contributed by atoms with Crippen LogP contribution in [-0.2, 0) is 14.4 Å². The van der Waals surface area contributed by atoms with Crippen LogP contribution < -0.4 is 0 Å². The van der Waals surface area contributed by atoms with Gasteiger partial charge in [0.15, 0.2) is 10.2 Å². The standard InChI is InChI=1S/C16H26O3S4/c1-11(2)14(17)21-7-6-20-10-13(5)16(19)23-9-8-22-15(18)12(3)4/h12-13H,1,6-10H2,2-5H3. The molecule has 1 atom stereocenters. The van der Waals surface area contributed by atoms with Gasteiger partial charge in [0, 0.05) is 40.6 Å². The second-order valence-electron chi connectivity index (χ2n) is 5.38. The van der Waals surface area contributed by atoms with Crippen LogP contribution in [0.5, 0.6) is 0 Å². The third-order valence-electron chi connectivity index (χ3n) is 2.62. The molecule has 1 unspecified atom stereocenters. The first kappa shape index (κ1) is 23.1. The van der Waals surface area contributed by atoms with Gasteiger partial charge in [-0.2, -0.15) is 11.8 Å². The van der Waals surface area contributed by atoms with Gasteiger partial charge in [0.1, 0.15) is 0 Å². The lowest BCUT2D eigenvalue weighted by Crippen LogP contribution is -2.12. The molecule has 3 nitrogen and oxygen atoms in total. The fraction of sp³-hybridized carbons (Fsp3) is 0.688. The van der Waals surface area contributed by atoms with E-state index in [4.69, 9.17) is 0 Å². The van der Waals surface area contributed by atoms with Gasteiger partial charge in [-0.05, 0) is 12.5 Å². The van der Waals surface area contributed by atoms with Gasteiger partial charge in [0.25, 0.3) is 0 Å². The highest BCUT2D eigenvalue weighted by Crippen LogP contribution is 2.20. The van der Waals surface area contributed by atoms with E-state index in [0.29, 0.717) is 17.1 Å². The number of hydrogen-bond acceptors (Lipinski definition) is 7. The lowest BCUT2D eigenvalue weighted by molar-refractivity contribution is -0.114. The quantitative estimate of drug-likeness (QED) is 0.381. The third-order valence-corrected chi connectivity index (χ3v) is 7.65. The van der Waals surface area contributed by atoms with Crippen LogP contribution in [0.4, 0.5) is 0 Å². The normalized spacial score (nSPS) is 12.2. The highest BCUT2D eigenvalue weighted by Gasteiger charge is 2.14. The summed E-state index contributed by atoms with van der Waals surface area (Å²) >= 11 is 5.60. The molecule has 0 amide bonds. The maximum absolute atomic E-state index is 12.0. The molecule has 0 fully saturated rings. The van der Waals surface area contributed by atoms with Crippen LogP contribution in [0.3, 0.4) is 0 Å². The molecule has 132 valence electrons. The van der Waals surface area contributed by atoms with Crippen LogP contribution in [0, 0.1) is 11.8 Å². The molecule has 0 bridgehead atoms. The maximum Gasteiger partial charge on any atom is 0.214 e. The van der Waals surface area contributed by atoms with E-state index in [-0.39, 0.29) is 27.2 Å². The van der Waals surface area contributed by atoms with Gasteiger partial charge in [0.05, 0.1) is 0 Å². The molecular weight excluding hydrogens is 368 g/mol. The topological polar surface area (TPSA) is 51.2 Å². The van der Waals surface area contributed by atoms with E-state index in [2.05, 4.69) is 6.58 Å². The smallest absolute Gasteiger partial charge is 0.214 e. The van der Waals surface area contributed by atoms with Crippen LogP contribution in [0.25, 0.3) is 0 Å². The van der Waals surface area contributed by atoms with Crippen molar-refractivity contribution >= 4 is 62.4 Å². The average molecular weight is 395 g/mol. The van der Waals surface area contributed by atoms with Gasteiger partial charge in [-0.3, -0.25) is 14.4 Å². The molecule has 0 spiro atoms. The van der Waals surface area contributed by atoms with E-state index in [0.717, 1.165) is 17.3 Å². The van der Waals surface area contributed by atoms with Crippen molar-refractivity contribution < 1.29 is 14.4 Å². The first-order valence-electron chi connectivity index (χ1n) is 7.49. The van der Waals surface area contributed by atoms with Crippen LogP contribution in [0.2, 0.25) is 0 Å². The van der Waals surface area contributed by atoms with E-state index >= 15 is 0 Å². The summed E-state index contributed by atoms with van der Waals surface area (Å²) in [4.78, 5) is 34.8. The first-order chi connectivity index (χ1) is 10.8. The van der Waals surface area contributed by atoms with Crippen molar-refractivity contribution in [3.63, 3.8) is 0 Å². The molecular formula is C16H26O3S4. The lowest BCUT2D eigenvalue weighted by atomic mass is 10.2. The average Bonchev–Trinajstić information content (AvgIpc) is 2.49.